The average molecular weight is 287 g/mol. The average Bonchev–Trinajstić information content (AvgIpc) is 3.13. The Kier molecular flexibility index (Phi) is 3.61. The van der Waals surface area contributed by atoms with Crippen molar-refractivity contribution in [1.29, 1.82) is 0 Å². The molecular weight excluding hydrogens is 266 g/mol. The molecule has 0 unspecified atom stereocenters. The molecule has 20 heavy (non-hydrogen) atoms. The lowest BCUT2D eigenvalue weighted by atomic mass is 9.87. The lowest BCUT2D eigenvalue weighted by Gasteiger charge is -2.18. The summed E-state index contributed by atoms with van der Waals surface area (Å²) in [5.74, 6) is 0. The van der Waals surface area contributed by atoms with E-state index in [-0.39, 0.29) is 5.41 Å². The summed E-state index contributed by atoms with van der Waals surface area (Å²) in [6.07, 6.45) is 2.61. The van der Waals surface area contributed by atoms with Crippen molar-refractivity contribution in [2.75, 3.05) is 0 Å². The molecule has 0 spiro atoms. The van der Waals surface area contributed by atoms with E-state index >= 15 is 0 Å². The van der Waals surface area contributed by atoms with E-state index in [1.165, 1.54) is 18.4 Å². The SMILES string of the molecule is CC(C)(C)c1ccc(-c2nnc(CNC3CC3)s2)cc1. The Bertz CT molecular complexity index is 577. The minimum absolute atomic E-state index is 0.193. The van der Waals surface area contributed by atoms with Crippen LogP contribution in [0.1, 0.15) is 44.2 Å². The molecule has 1 aliphatic carbocycles. The first-order valence-electron chi connectivity index (χ1n) is 7.19. The minimum Gasteiger partial charge on any atom is -0.308 e. The van der Waals surface area contributed by atoms with Gasteiger partial charge in [-0.2, -0.15) is 0 Å². The number of nitrogens with one attached hydrogen (secondary N) is 1. The maximum atomic E-state index is 4.31. The third-order valence-corrected chi connectivity index (χ3v) is 4.56. The summed E-state index contributed by atoms with van der Waals surface area (Å²) in [6, 6.07) is 9.41. The molecule has 0 radical (unpaired) electrons. The lowest BCUT2D eigenvalue weighted by molar-refractivity contribution is 0.590. The van der Waals surface area contributed by atoms with Gasteiger partial charge in [-0.25, -0.2) is 0 Å². The predicted molar refractivity (Wildman–Crippen MR) is 83.9 cm³/mol. The standard InChI is InChI=1S/C16H21N3S/c1-16(2,3)12-6-4-11(5-7-12)15-19-18-14(20-15)10-17-13-8-9-13/h4-7,13,17H,8-10H2,1-3H3. The highest BCUT2D eigenvalue weighted by atomic mass is 32.1. The molecule has 1 heterocycles. The molecule has 0 saturated heterocycles. The maximum Gasteiger partial charge on any atom is 0.147 e. The van der Waals surface area contributed by atoms with Crippen LogP contribution in [0.4, 0.5) is 0 Å². The zero-order valence-electron chi connectivity index (χ0n) is 12.3. The number of benzene rings is 1. The normalized spacial score (nSPS) is 15.6. The van der Waals surface area contributed by atoms with E-state index < -0.39 is 0 Å². The molecule has 4 heteroatoms. The number of hydrogen-bond acceptors (Lipinski definition) is 4. The largest absolute Gasteiger partial charge is 0.308 e. The predicted octanol–water partition coefficient (Wildman–Crippen LogP) is 3.75. The molecule has 106 valence electrons. The van der Waals surface area contributed by atoms with Crippen molar-refractivity contribution >= 4 is 11.3 Å². The third kappa shape index (κ3) is 3.25. The van der Waals surface area contributed by atoms with E-state index in [4.69, 9.17) is 0 Å². The van der Waals surface area contributed by atoms with Crippen LogP contribution in [0, 0.1) is 0 Å². The third-order valence-electron chi connectivity index (χ3n) is 3.58. The van der Waals surface area contributed by atoms with Gasteiger partial charge in [0.05, 0.1) is 0 Å². The van der Waals surface area contributed by atoms with E-state index in [9.17, 15) is 0 Å². The molecule has 1 aromatic heterocycles. The molecule has 2 aromatic rings. The lowest BCUT2D eigenvalue weighted by Crippen LogP contribution is -2.14. The highest BCUT2D eigenvalue weighted by Gasteiger charge is 2.21. The summed E-state index contributed by atoms with van der Waals surface area (Å²) in [7, 11) is 0. The fourth-order valence-corrected chi connectivity index (χ4v) is 2.87. The van der Waals surface area contributed by atoms with Gasteiger partial charge in [-0.3, -0.25) is 0 Å². The molecule has 1 fully saturated rings. The van der Waals surface area contributed by atoms with Gasteiger partial charge in [0.2, 0.25) is 0 Å². The Morgan fingerprint density at radius 2 is 1.85 bits per heavy atom. The van der Waals surface area contributed by atoms with Gasteiger partial charge in [0.15, 0.2) is 0 Å². The van der Waals surface area contributed by atoms with Crippen LogP contribution in [0.25, 0.3) is 10.6 Å². The van der Waals surface area contributed by atoms with Crippen LogP contribution in [0.5, 0.6) is 0 Å². The fourth-order valence-electron chi connectivity index (χ4n) is 2.07. The topological polar surface area (TPSA) is 37.8 Å². The summed E-state index contributed by atoms with van der Waals surface area (Å²) in [5, 5.41) is 14.1. The van der Waals surface area contributed by atoms with Crippen LogP contribution in [-0.4, -0.2) is 16.2 Å². The molecule has 1 saturated carbocycles. The molecule has 3 rings (SSSR count). The Labute approximate surface area is 124 Å². The number of nitrogens with zero attached hydrogens (tertiary/aromatic N) is 2. The molecule has 1 aromatic carbocycles. The van der Waals surface area contributed by atoms with E-state index in [2.05, 4.69) is 60.6 Å². The summed E-state index contributed by atoms with van der Waals surface area (Å²) in [6.45, 7) is 7.54. The molecule has 0 atom stereocenters. The second-order valence-electron chi connectivity index (χ2n) is 6.48. The molecule has 1 aliphatic rings. The molecule has 0 aliphatic heterocycles. The number of aromatic nitrogens is 2. The van der Waals surface area contributed by atoms with Gasteiger partial charge >= 0.3 is 0 Å². The Hall–Kier alpha value is -1.26. The molecule has 1 N–H and O–H groups in total. The minimum atomic E-state index is 0.193. The van der Waals surface area contributed by atoms with Crippen molar-refractivity contribution in [2.24, 2.45) is 0 Å². The Balaban J connectivity index is 1.71. The first kappa shape index (κ1) is 13.7. The van der Waals surface area contributed by atoms with Gasteiger partial charge in [-0.15, -0.1) is 10.2 Å². The van der Waals surface area contributed by atoms with Crippen molar-refractivity contribution in [2.45, 2.75) is 51.6 Å². The first-order valence-corrected chi connectivity index (χ1v) is 8.01. The van der Waals surface area contributed by atoms with Crippen LogP contribution in [-0.2, 0) is 12.0 Å². The van der Waals surface area contributed by atoms with Crippen molar-refractivity contribution in [3.05, 3.63) is 34.8 Å². The summed E-state index contributed by atoms with van der Waals surface area (Å²) in [5.41, 5.74) is 2.70. The van der Waals surface area contributed by atoms with Gasteiger partial charge in [-0.1, -0.05) is 56.4 Å². The van der Waals surface area contributed by atoms with Crippen LogP contribution in [0.3, 0.4) is 0 Å². The van der Waals surface area contributed by atoms with Crippen LogP contribution >= 0.6 is 11.3 Å². The highest BCUT2D eigenvalue weighted by Crippen LogP contribution is 2.28. The number of rotatable bonds is 4. The van der Waals surface area contributed by atoms with Crippen molar-refractivity contribution < 1.29 is 0 Å². The number of hydrogen-bond donors (Lipinski definition) is 1. The Morgan fingerprint density at radius 1 is 1.15 bits per heavy atom. The Morgan fingerprint density at radius 3 is 2.45 bits per heavy atom. The highest BCUT2D eigenvalue weighted by molar-refractivity contribution is 7.14. The smallest absolute Gasteiger partial charge is 0.147 e. The fraction of sp³-hybridized carbons (Fsp3) is 0.500. The summed E-state index contributed by atoms with van der Waals surface area (Å²) < 4.78 is 0. The van der Waals surface area contributed by atoms with Crippen molar-refractivity contribution in [3.63, 3.8) is 0 Å². The maximum absolute atomic E-state index is 4.31. The van der Waals surface area contributed by atoms with E-state index in [1.807, 2.05) is 0 Å². The van der Waals surface area contributed by atoms with Gasteiger partial charge in [0.1, 0.15) is 10.0 Å². The second kappa shape index (κ2) is 5.26. The van der Waals surface area contributed by atoms with Gasteiger partial charge in [0.25, 0.3) is 0 Å². The molecule has 0 amide bonds. The van der Waals surface area contributed by atoms with E-state index in [0.29, 0.717) is 6.04 Å². The van der Waals surface area contributed by atoms with Gasteiger partial charge in [-0.05, 0) is 23.8 Å². The molecule has 3 nitrogen and oxygen atoms in total. The van der Waals surface area contributed by atoms with Crippen molar-refractivity contribution in [1.82, 2.24) is 15.5 Å². The van der Waals surface area contributed by atoms with E-state index in [0.717, 1.165) is 22.1 Å². The van der Waals surface area contributed by atoms with Crippen LogP contribution in [0.15, 0.2) is 24.3 Å². The molecular formula is C16H21N3S. The summed E-state index contributed by atoms with van der Waals surface area (Å²) >= 11 is 1.68. The monoisotopic (exact) mass is 287 g/mol. The van der Waals surface area contributed by atoms with Crippen LogP contribution in [0.2, 0.25) is 0 Å². The van der Waals surface area contributed by atoms with Crippen LogP contribution < -0.4 is 5.32 Å². The zero-order chi connectivity index (χ0) is 14.2. The van der Waals surface area contributed by atoms with Gasteiger partial charge in [0, 0.05) is 18.2 Å². The second-order valence-corrected chi connectivity index (χ2v) is 7.55. The first-order chi connectivity index (χ1) is 9.52. The quantitative estimate of drug-likeness (QED) is 0.930. The summed E-state index contributed by atoms with van der Waals surface area (Å²) in [4.78, 5) is 0. The molecule has 0 bridgehead atoms. The van der Waals surface area contributed by atoms with E-state index in [1.54, 1.807) is 11.3 Å². The van der Waals surface area contributed by atoms with Gasteiger partial charge < -0.3 is 5.32 Å². The van der Waals surface area contributed by atoms with Crippen molar-refractivity contribution in [3.8, 4) is 10.6 Å². The zero-order valence-corrected chi connectivity index (χ0v) is 13.1.